The predicted octanol–water partition coefficient (Wildman–Crippen LogP) is 1.60. The number of nitrogens with zero attached hydrogens (tertiary/aromatic N) is 1. The Morgan fingerprint density at radius 3 is 2.54 bits per heavy atom. The van der Waals surface area contributed by atoms with E-state index in [1.54, 1.807) is 0 Å². The lowest BCUT2D eigenvalue weighted by Gasteiger charge is -2.24. The molecule has 3 amide bonds. The van der Waals surface area contributed by atoms with Gasteiger partial charge in [-0.2, -0.15) is 0 Å². The molecular formula is C16H26N4O4S2. The average Bonchev–Trinajstić information content (AvgIpc) is 3.05. The Morgan fingerprint density at radius 1 is 1.35 bits per heavy atom. The summed E-state index contributed by atoms with van der Waals surface area (Å²) in [5.74, 6) is -0.397. The number of aryl methyl sites for hydroxylation is 2. The fourth-order valence-corrected chi connectivity index (χ4v) is 5.18. The van der Waals surface area contributed by atoms with Gasteiger partial charge in [-0.1, -0.05) is 20.3 Å². The topological polar surface area (TPSA) is 117 Å². The number of carbonyl (C=O) groups excluding carboxylic acids is 2. The van der Waals surface area contributed by atoms with Crippen molar-refractivity contribution in [3.05, 3.63) is 10.6 Å². The number of hydrogen-bond acceptors (Lipinski definition) is 6. The highest BCUT2D eigenvalue weighted by Crippen LogP contribution is 2.22. The van der Waals surface area contributed by atoms with E-state index in [2.05, 4.69) is 20.9 Å². The molecule has 1 saturated heterocycles. The highest BCUT2D eigenvalue weighted by atomic mass is 32.2. The van der Waals surface area contributed by atoms with E-state index < -0.39 is 28.0 Å². The minimum Gasteiger partial charge on any atom is -0.334 e. The van der Waals surface area contributed by atoms with Gasteiger partial charge in [-0.15, -0.1) is 11.3 Å². The molecule has 0 aromatic carbocycles. The molecule has 0 saturated carbocycles. The Bertz CT molecular complexity index is 756. The molecule has 2 heterocycles. The van der Waals surface area contributed by atoms with Gasteiger partial charge in [0, 0.05) is 10.9 Å². The zero-order valence-corrected chi connectivity index (χ0v) is 17.1. The van der Waals surface area contributed by atoms with Crippen LogP contribution in [0.3, 0.4) is 0 Å². The van der Waals surface area contributed by atoms with Crippen LogP contribution in [-0.2, 0) is 14.6 Å². The van der Waals surface area contributed by atoms with Gasteiger partial charge in [0.1, 0.15) is 6.04 Å². The number of nitrogens with one attached hydrogen (secondary N) is 3. The Hall–Kier alpha value is -1.68. The van der Waals surface area contributed by atoms with Crippen LogP contribution in [0.2, 0.25) is 0 Å². The minimum absolute atomic E-state index is 0.0573. The molecule has 1 aliphatic rings. The Morgan fingerprint density at radius 2 is 2.04 bits per heavy atom. The highest BCUT2D eigenvalue weighted by Gasteiger charge is 2.31. The molecule has 10 heteroatoms. The quantitative estimate of drug-likeness (QED) is 0.668. The van der Waals surface area contributed by atoms with Crippen LogP contribution in [0.1, 0.15) is 37.3 Å². The molecule has 3 atom stereocenters. The standard InChI is InChI=1S/C16H26N4O4S2/c1-5-9(2)13(14(21)20-16-17-10(3)11(4)25-16)19-15(22)18-12-6-7-26(23,24)8-12/h9,12-13H,5-8H2,1-4H3,(H,17,20,21)(H2,18,19,22). The van der Waals surface area contributed by atoms with Crippen molar-refractivity contribution in [2.75, 3.05) is 16.8 Å². The van der Waals surface area contributed by atoms with Crippen LogP contribution in [0.25, 0.3) is 0 Å². The zero-order chi connectivity index (χ0) is 19.5. The number of thiazole rings is 1. The lowest BCUT2D eigenvalue weighted by atomic mass is 9.98. The van der Waals surface area contributed by atoms with Gasteiger partial charge in [-0.3, -0.25) is 4.79 Å². The number of anilines is 1. The summed E-state index contributed by atoms with van der Waals surface area (Å²) >= 11 is 1.39. The summed E-state index contributed by atoms with van der Waals surface area (Å²) in [6, 6.07) is -1.67. The van der Waals surface area contributed by atoms with Crippen LogP contribution in [0, 0.1) is 19.8 Å². The number of aromatic nitrogens is 1. The lowest BCUT2D eigenvalue weighted by molar-refractivity contribution is -0.119. The molecule has 1 aliphatic heterocycles. The van der Waals surface area contributed by atoms with Gasteiger partial charge in [0.25, 0.3) is 0 Å². The molecule has 0 radical (unpaired) electrons. The van der Waals surface area contributed by atoms with Crippen molar-refractivity contribution in [2.24, 2.45) is 5.92 Å². The van der Waals surface area contributed by atoms with E-state index in [1.807, 2.05) is 27.7 Å². The molecule has 3 N–H and O–H groups in total. The summed E-state index contributed by atoms with van der Waals surface area (Å²) in [5, 5.41) is 8.60. The van der Waals surface area contributed by atoms with Gasteiger partial charge >= 0.3 is 6.03 Å². The van der Waals surface area contributed by atoms with Crippen molar-refractivity contribution in [2.45, 2.75) is 52.6 Å². The van der Waals surface area contributed by atoms with E-state index in [9.17, 15) is 18.0 Å². The number of urea groups is 1. The third-order valence-electron chi connectivity index (χ3n) is 4.61. The number of carbonyl (C=O) groups is 2. The van der Waals surface area contributed by atoms with Crippen molar-refractivity contribution in [1.29, 1.82) is 0 Å². The second-order valence-electron chi connectivity index (χ2n) is 6.73. The summed E-state index contributed by atoms with van der Waals surface area (Å²) in [6.45, 7) is 7.61. The summed E-state index contributed by atoms with van der Waals surface area (Å²) in [5.41, 5.74) is 0.860. The highest BCUT2D eigenvalue weighted by molar-refractivity contribution is 7.91. The van der Waals surface area contributed by atoms with E-state index in [0.29, 0.717) is 18.0 Å². The SMILES string of the molecule is CCC(C)C(NC(=O)NC1CCS(=O)(=O)C1)C(=O)Nc1nc(C)c(C)s1. The van der Waals surface area contributed by atoms with E-state index in [-0.39, 0.29) is 23.3 Å². The molecule has 26 heavy (non-hydrogen) atoms. The van der Waals surface area contributed by atoms with Crippen molar-refractivity contribution in [3.8, 4) is 0 Å². The number of rotatable bonds is 6. The normalized spacial score (nSPS) is 21.0. The van der Waals surface area contributed by atoms with Gasteiger partial charge in [0.15, 0.2) is 15.0 Å². The van der Waals surface area contributed by atoms with E-state index in [1.165, 1.54) is 11.3 Å². The van der Waals surface area contributed by atoms with Gasteiger partial charge in [0.05, 0.1) is 17.2 Å². The first-order valence-corrected chi connectivity index (χ1v) is 11.3. The molecule has 146 valence electrons. The van der Waals surface area contributed by atoms with Crippen LogP contribution >= 0.6 is 11.3 Å². The van der Waals surface area contributed by atoms with Crippen LogP contribution in [0.15, 0.2) is 0 Å². The number of sulfone groups is 1. The maximum absolute atomic E-state index is 12.6. The fourth-order valence-electron chi connectivity index (χ4n) is 2.69. The van der Waals surface area contributed by atoms with Crippen LogP contribution < -0.4 is 16.0 Å². The van der Waals surface area contributed by atoms with E-state index in [4.69, 9.17) is 0 Å². The van der Waals surface area contributed by atoms with E-state index >= 15 is 0 Å². The molecule has 1 aromatic heterocycles. The first kappa shape index (κ1) is 20.6. The van der Waals surface area contributed by atoms with Crippen LogP contribution in [-0.4, -0.2) is 48.9 Å². The zero-order valence-electron chi connectivity index (χ0n) is 15.5. The summed E-state index contributed by atoms with van der Waals surface area (Å²) in [4.78, 5) is 30.2. The molecule has 2 rings (SSSR count). The van der Waals surface area contributed by atoms with Gasteiger partial charge in [0.2, 0.25) is 5.91 Å². The summed E-state index contributed by atoms with van der Waals surface area (Å²) in [7, 11) is -3.08. The Balaban J connectivity index is 1.99. The first-order chi connectivity index (χ1) is 12.1. The van der Waals surface area contributed by atoms with E-state index in [0.717, 1.165) is 10.6 Å². The lowest BCUT2D eigenvalue weighted by Crippen LogP contribution is -2.53. The summed E-state index contributed by atoms with van der Waals surface area (Å²) in [6.07, 6.45) is 1.10. The van der Waals surface area contributed by atoms with Crippen molar-refractivity contribution < 1.29 is 18.0 Å². The Labute approximate surface area is 158 Å². The molecule has 3 unspecified atom stereocenters. The molecule has 0 aliphatic carbocycles. The van der Waals surface area contributed by atoms with Gasteiger partial charge in [-0.25, -0.2) is 18.2 Å². The maximum atomic E-state index is 12.6. The molecule has 0 spiro atoms. The van der Waals surface area contributed by atoms with Crippen LogP contribution in [0.5, 0.6) is 0 Å². The van der Waals surface area contributed by atoms with Crippen molar-refractivity contribution in [3.63, 3.8) is 0 Å². The summed E-state index contributed by atoms with van der Waals surface area (Å²) < 4.78 is 23.0. The number of hydrogen-bond donors (Lipinski definition) is 3. The molecule has 1 aromatic rings. The van der Waals surface area contributed by atoms with Crippen molar-refractivity contribution >= 4 is 38.2 Å². The average molecular weight is 403 g/mol. The van der Waals surface area contributed by atoms with Gasteiger partial charge < -0.3 is 16.0 Å². The smallest absolute Gasteiger partial charge is 0.315 e. The Kier molecular flexibility index (Phi) is 6.62. The monoisotopic (exact) mass is 402 g/mol. The predicted molar refractivity (Wildman–Crippen MR) is 102 cm³/mol. The number of amides is 3. The second kappa shape index (κ2) is 8.34. The van der Waals surface area contributed by atoms with Crippen LogP contribution in [0.4, 0.5) is 9.93 Å². The maximum Gasteiger partial charge on any atom is 0.315 e. The molecular weight excluding hydrogens is 376 g/mol. The van der Waals surface area contributed by atoms with Crippen molar-refractivity contribution in [1.82, 2.24) is 15.6 Å². The fraction of sp³-hybridized carbons (Fsp3) is 0.688. The molecule has 8 nitrogen and oxygen atoms in total. The minimum atomic E-state index is -3.08. The largest absolute Gasteiger partial charge is 0.334 e. The van der Waals surface area contributed by atoms with Gasteiger partial charge in [-0.05, 0) is 26.2 Å². The molecule has 0 bridgehead atoms. The molecule has 1 fully saturated rings. The third-order valence-corrected chi connectivity index (χ3v) is 7.36. The second-order valence-corrected chi connectivity index (χ2v) is 10.2. The first-order valence-electron chi connectivity index (χ1n) is 8.63. The third kappa shape index (κ3) is 5.41.